The summed E-state index contributed by atoms with van der Waals surface area (Å²) >= 11 is 8.03. The van der Waals surface area contributed by atoms with E-state index in [9.17, 15) is 20.4 Å². The van der Waals surface area contributed by atoms with Crippen molar-refractivity contribution in [1.82, 2.24) is 0 Å². The molecule has 1 aliphatic heterocycles. The van der Waals surface area contributed by atoms with Gasteiger partial charge in [-0.2, -0.15) is 11.3 Å². The lowest BCUT2D eigenvalue weighted by Crippen LogP contribution is -2.55. The highest BCUT2D eigenvalue weighted by Gasteiger charge is 2.44. The Kier molecular flexibility index (Phi) is 7.29. The topological polar surface area (TPSA) is 90.2 Å². The van der Waals surface area contributed by atoms with Crippen molar-refractivity contribution in [3.8, 4) is 11.8 Å². The molecule has 0 radical (unpaired) electrons. The molecule has 1 fully saturated rings. The lowest BCUT2D eigenvalue weighted by molar-refractivity contribution is -0.231. The number of benzene rings is 2. The van der Waals surface area contributed by atoms with Gasteiger partial charge >= 0.3 is 0 Å². The molecule has 166 valence electrons. The number of aliphatic hydroxyl groups excluding tert-OH is 4. The van der Waals surface area contributed by atoms with Crippen LogP contribution in [0.3, 0.4) is 0 Å². The molecule has 32 heavy (non-hydrogen) atoms. The maximum Gasteiger partial charge on any atom is 0.113 e. The van der Waals surface area contributed by atoms with E-state index in [-0.39, 0.29) is 0 Å². The highest BCUT2D eigenvalue weighted by molar-refractivity contribution is 7.08. The minimum Gasteiger partial charge on any atom is -0.394 e. The first kappa shape index (κ1) is 23.0. The third kappa shape index (κ3) is 5.06. The molecular weight excluding hydrogens is 448 g/mol. The van der Waals surface area contributed by atoms with Gasteiger partial charge in [-0.25, -0.2) is 0 Å². The smallest absolute Gasteiger partial charge is 0.113 e. The van der Waals surface area contributed by atoms with Gasteiger partial charge < -0.3 is 25.2 Å². The molecule has 0 bridgehead atoms. The molecule has 5 nitrogen and oxygen atoms in total. The monoisotopic (exact) mass is 470 g/mol. The van der Waals surface area contributed by atoms with Crippen molar-refractivity contribution in [2.24, 2.45) is 0 Å². The van der Waals surface area contributed by atoms with E-state index in [4.69, 9.17) is 16.3 Å². The van der Waals surface area contributed by atoms with Crippen molar-refractivity contribution in [3.05, 3.63) is 92.1 Å². The van der Waals surface area contributed by atoms with Crippen molar-refractivity contribution in [2.75, 3.05) is 6.61 Å². The molecule has 1 saturated heterocycles. The van der Waals surface area contributed by atoms with Crippen molar-refractivity contribution in [1.29, 1.82) is 0 Å². The van der Waals surface area contributed by atoms with Gasteiger partial charge in [0.2, 0.25) is 0 Å². The van der Waals surface area contributed by atoms with E-state index in [1.54, 1.807) is 23.5 Å². The standard InChI is InChI=1S/C25H23ClO5S/c26-20-8-7-18(25-24(30)23(29)22(28)21(13-27)31-25)12-19(20)11-16-4-1-15(2-5-16)3-6-17-9-10-32-14-17/h1-2,4-5,7-10,12,14,21-25,27-30H,11,13H2/t21-,22-,23+,24-,25+/m1/s1. The minimum absolute atomic E-state index is 0.469. The first-order valence-electron chi connectivity index (χ1n) is 10.2. The summed E-state index contributed by atoms with van der Waals surface area (Å²) in [6, 6.07) is 15.1. The molecule has 5 atom stereocenters. The van der Waals surface area contributed by atoms with E-state index in [0.717, 1.165) is 22.3 Å². The van der Waals surface area contributed by atoms with E-state index in [1.165, 1.54) is 0 Å². The van der Waals surface area contributed by atoms with Crippen LogP contribution >= 0.6 is 22.9 Å². The zero-order valence-corrected chi connectivity index (χ0v) is 18.6. The summed E-state index contributed by atoms with van der Waals surface area (Å²) in [5, 5.41) is 44.5. The zero-order chi connectivity index (χ0) is 22.7. The Bertz CT molecular complexity index is 1100. The van der Waals surface area contributed by atoms with Crippen molar-refractivity contribution in [3.63, 3.8) is 0 Å². The van der Waals surface area contributed by atoms with Gasteiger partial charge in [0, 0.05) is 21.5 Å². The molecule has 0 aliphatic carbocycles. The first-order valence-corrected chi connectivity index (χ1v) is 11.5. The summed E-state index contributed by atoms with van der Waals surface area (Å²) in [5.41, 5.74) is 4.40. The van der Waals surface area contributed by atoms with Crippen LogP contribution in [0.15, 0.2) is 59.3 Å². The maximum atomic E-state index is 10.4. The predicted molar refractivity (Wildman–Crippen MR) is 124 cm³/mol. The van der Waals surface area contributed by atoms with Crippen molar-refractivity contribution < 1.29 is 25.2 Å². The van der Waals surface area contributed by atoms with Gasteiger partial charge in [-0.05, 0) is 52.8 Å². The summed E-state index contributed by atoms with van der Waals surface area (Å²) in [6.07, 6.45) is -5.44. The van der Waals surface area contributed by atoms with Crippen LogP contribution in [0.1, 0.15) is 33.9 Å². The molecular formula is C25H23ClO5S. The minimum atomic E-state index is -1.42. The number of ether oxygens (including phenoxy) is 1. The molecule has 2 heterocycles. The number of aliphatic hydroxyl groups is 4. The van der Waals surface area contributed by atoms with Crippen LogP contribution in [0.25, 0.3) is 0 Å². The van der Waals surface area contributed by atoms with E-state index in [1.807, 2.05) is 47.2 Å². The molecule has 0 amide bonds. The van der Waals surface area contributed by atoms with Gasteiger partial charge in [0.15, 0.2) is 0 Å². The third-order valence-electron chi connectivity index (χ3n) is 5.51. The Morgan fingerprint density at radius 2 is 1.66 bits per heavy atom. The molecule has 1 aromatic heterocycles. The second-order valence-electron chi connectivity index (χ2n) is 7.74. The molecule has 0 unspecified atom stereocenters. The van der Waals surface area contributed by atoms with Crippen LogP contribution in [0.5, 0.6) is 0 Å². The van der Waals surface area contributed by atoms with Gasteiger partial charge in [-0.15, -0.1) is 0 Å². The number of hydrogen-bond acceptors (Lipinski definition) is 6. The first-order chi connectivity index (χ1) is 15.5. The van der Waals surface area contributed by atoms with Gasteiger partial charge in [0.25, 0.3) is 0 Å². The van der Waals surface area contributed by atoms with E-state index < -0.39 is 37.1 Å². The average molecular weight is 471 g/mol. The molecule has 2 aromatic carbocycles. The van der Waals surface area contributed by atoms with Gasteiger partial charge in [0.05, 0.1) is 6.61 Å². The average Bonchev–Trinajstić information content (AvgIpc) is 3.33. The molecule has 4 rings (SSSR count). The Morgan fingerprint density at radius 1 is 0.906 bits per heavy atom. The summed E-state index contributed by atoms with van der Waals surface area (Å²) in [6.45, 7) is -0.469. The summed E-state index contributed by atoms with van der Waals surface area (Å²) in [5.74, 6) is 6.27. The Morgan fingerprint density at radius 3 is 2.34 bits per heavy atom. The summed E-state index contributed by atoms with van der Waals surface area (Å²) < 4.78 is 5.67. The maximum absolute atomic E-state index is 10.4. The Labute approximate surface area is 195 Å². The molecule has 4 N–H and O–H groups in total. The van der Waals surface area contributed by atoms with Gasteiger partial charge in [-0.1, -0.05) is 47.7 Å². The van der Waals surface area contributed by atoms with Gasteiger partial charge in [-0.3, -0.25) is 0 Å². The van der Waals surface area contributed by atoms with Crippen LogP contribution in [0.4, 0.5) is 0 Å². The number of thiophene rings is 1. The van der Waals surface area contributed by atoms with Crippen LogP contribution in [0.2, 0.25) is 5.02 Å². The molecule has 0 spiro atoms. The van der Waals surface area contributed by atoms with Crippen LogP contribution < -0.4 is 0 Å². The SMILES string of the molecule is OC[C@H]1O[C@@H](c2ccc(Cl)c(Cc3ccc(C#Cc4ccsc4)cc3)c2)[C@H](O)[C@@H](O)[C@@H]1O. The van der Waals surface area contributed by atoms with E-state index in [2.05, 4.69) is 11.8 Å². The number of rotatable bonds is 4. The van der Waals surface area contributed by atoms with Crippen LogP contribution in [0, 0.1) is 11.8 Å². The second kappa shape index (κ2) is 10.2. The molecule has 1 aliphatic rings. The van der Waals surface area contributed by atoms with Crippen molar-refractivity contribution in [2.45, 2.75) is 36.9 Å². The quantitative estimate of drug-likeness (QED) is 0.440. The Hall–Kier alpha value is -2.21. The lowest BCUT2D eigenvalue weighted by atomic mass is 9.90. The summed E-state index contributed by atoms with van der Waals surface area (Å²) in [4.78, 5) is 0. The van der Waals surface area contributed by atoms with E-state index in [0.29, 0.717) is 17.0 Å². The fraction of sp³-hybridized carbons (Fsp3) is 0.280. The Balaban J connectivity index is 1.52. The van der Waals surface area contributed by atoms with E-state index >= 15 is 0 Å². The lowest BCUT2D eigenvalue weighted by Gasteiger charge is -2.40. The summed E-state index contributed by atoms with van der Waals surface area (Å²) in [7, 11) is 0. The second-order valence-corrected chi connectivity index (χ2v) is 8.92. The normalized spacial score (nSPS) is 25.2. The van der Waals surface area contributed by atoms with Crippen LogP contribution in [-0.4, -0.2) is 51.4 Å². The third-order valence-corrected chi connectivity index (χ3v) is 6.56. The van der Waals surface area contributed by atoms with Crippen LogP contribution in [-0.2, 0) is 11.2 Å². The van der Waals surface area contributed by atoms with Gasteiger partial charge in [0.1, 0.15) is 30.5 Å². The molecule has 0 saturated carbocycles. The fourth-order valence-electron chi connectivity index (χ4n) is 3.69. The highest BCUT2D eigenvalue weighted by atomic mass is 35.5. The number of halogens is 1. The zero-order valence-electron chi connectivity index (χ0n) is 17.1. The molecule has 7 heteroatoms. The highest BCUT2D eigenvalue weighted by Crippen LogP contribution is 2.34. The number of hydrogen-bond donors (Lipinski definition) is 4. The largest absolute Gasteiger partial charge is 0.394 e. The predicted octanol–water partition coefficient (Wildman–Crippen LogP) is 2.91. The fourth-order valence-corrected chi connectivity index (χ4v) is 4.46. The van der Waals surface area contributed by atoms with Crippen molar-refractivity contribution >= 4 is 22.9 Å². The molecule has 3 aromatic rings.